The summed E-state index contributed by atoms with van der Waals surface area (Å²) in [6, 6.07) is 7.21. The fourth-order valence-electron chi connectivity index (χ4n) is 1.85. The zero-order chi connectivity index (χ0) is 14.0. The standard InChI is InChI=1S/C14H12ClF2NO/c1-19-14-3-2-8(4-9(14)7-18)10-5-12(16)13(17)6-11(10)15/h2-6H,7,18H2,1H3. The van der Waals surface area contributed by atoms with Crippen molar-refractivity contribution < 1.29 is 13.5 Å². The third-order valence-electron chi connectivity index (χ3n) is 2.82. The van der Waals surface area contributed by atoms with Gasteiger partial charge in [-0.05, 0) is 29.8 Å². The number of methoxy groups -OCH3 is 1. The molecular formula is C14H12ClF2NO. The Hall–Kier alpha value is -1.65. The van der Waals surface area contributed by atoms with E-state index in [0.29, 0.717) is 16.9 Å². The summed E-state index contributed by atoms with van der Waals surface area (Å²) in [5, 5.41) is 0.145. The number of nitrogens with two attached hydrogens (primary N) is 1. The summed E-state index contributed by atoms with van der Waals surface area (Å²) < 4.78 is 31.5. The monoisotopic (exact) mass is 283 g/mol. The van der Waals surface area contributed by atoms with Crippen LogP contribution in [0.2, 0.25) is 5.02 Å². The van der Waals surface area contributed by atoms with Gasteiger partial charge in [-0.15, -0.1) is 0 Å². The predicted molar refractivity (Wildman–Crippen MR) is 71.2 cm³/mol. The molecule has 5 heteroatoms. The summed E-state index contributed by atoms with van der Waals surface area (Å²) in [6.07, 6.45) is 0. The van der Waals surface area contributed by atoms with Crippen LogP contribution < -0.4 is 10.5 Å². The topological polar surface area (TPSA) is 35.2 Å². The Labute approximate surface area is 114 Å². The van der Waals surface area contributed by atoms with Gasteiger partial charge in [0.25, 0.3) is 0 Å². The van der Waals surface area contributed by atoms with Crippen molar-refractivity contribution in [3.8, 4) is 16.9 Å². The Morgan fingerprint density at radius 2 is 1.84 bits per heavy atom. The highest BCUT2D eigenvalue weighted by molar-refractivity contribution is 6.33. The molecule has 0 unspecified atom stereocenters. The molecule has 0 amide bonds. The van der Waals surface area contributed by atoms with Gasteiger partial charge in [-0.25, -0.2) is 8.78 Å². The number of halogens is 3. The van der Waals surface area contributed by atoms with Crippen molar-refractivity contribution >= 4 is 11.6 Å². The third-order valence-corrected chi connectivity index (χ3v) is 3.13. The number of rotatable bonds is 3. The van der Waals surface area contributed by atoms with Crippen LogP contribution in [0.5, 0.6) is 5.75 Å². The van der Waals surface area contributed by atoms with Crippen molar-refractivity contribution in [3.63, 3.8) is 0 Å². The molecule has 0 aliphatic carbocycles. The molecule has 0 fully saturated rings. The number of hydrogen-bond acceptors (Lipinski definition) is 2. The Kier molecular flexibility index (Phi) is 4.02. The first-order valence-corrected chi connectivity index (χ1v) is 5.96. The van der Waals surface area contributed by atoms with Crippen LogP contribution in [0, 0.1) is 11.6 Å². The molecule has 2 rings (SSSR count). The fourth-order valence-corrected chi connectivity index (χ4v) is 2.11. The molecule has 19 heavy (non-hydrogen) atoms. The summed E-state index contributed by atoms with van der Waals surface area (Å²) in [6.45, 7) is 0.276. The summed E-state index contributed by atoms with van der Waals surface area (Å²) in [7, 11) is 1.54. The Bertz CT molecular complexity index is 617. The second kappa shape index (κ2) is 5.55. The van der Waals surface area contributed by atoms with E-state index in [9.17, 15) is 8.78 Å². The number of benzene rings is 2. The molecule has 0 aromatic heterocycles. The molecule has 2 aromatic carbocycles. The number of hydrogen-bond donors (Lipinski definition) is 1. The molecule has 0 saturated heterocycles. The normalized spacial score (nSPS) is 10.6. The van der Waals surface area contributed by atoms with Gasteiger partial charge in [-0.3, -0.25) is 0 Å². The van der Waals surface area contributed by atoms with Crippen LogP contribution in [0.4, 0.5) is 8.78 Å². The highest BCUT2D eigenvalue weighted by atomic mass is 35.5. The van der Waals surface area contributed by atoms with Crippen LogP contribution >= 0.6 is 11.6 Å². The van der Waals surface area contributed by atoms with Crippen LogP contribution in [-0.4, -0.2) is 7.11 Å². The summed E-state index contributed by atoms with van der Waals surface area (Å²) in [4.78, 5) is 0. The zero-order valence-corrected chi connectivity index (χ0v) is 11.0. The molecule has 0 radical (unpaired) electrons. The summed E-state index contributed by atoms with van der Waals surface area (Å²) in [5.74, 6) is -1.27. The lowest BCUT2D eigenvalue weighted by Gasteiger charge is -2.11. The zero-order valence-electron chi connectivity index (χ0n) is 10.2. The highest BCUT2D eigenvalue weighted by Gasteiger charge is 2.12. The van der Waals surface area contributed by atoms with Gasteiger partial charge < -0.3 is 10.5 Å². The van der Waals surface area contributed by atoms with Gasteiger partial charge >= 0.3 is 0 Å². The lowest BCUT2D eigenvalue weighted by Crippen LogP contribution is -2.00. The van der Waals surface area contributed by atoms with Crippen LogP contribution in [-0.2, 0) is 6.54 Å². The smallest absolute Gasteiger partial charge is 0.160 e. The Morgan fingerprint density at radius 3 is 2.47 bits per heavy atom. The fraction of sp³-hybridized carbons (Fsp3) is 0.143. The first kappa shape index (κ1) is 13.8. The maximum absolute atomic E-state index is 13.3. The molecule has 0 spiro atoms. The first-order valence-electron chi connectivity index (χ1n) is 5.58. The van der Waals surface area contributed by atoms with E-state index in [-0.39, 0.29) is 11.6 Å². The second-order valence-electron chi connectivity index (χ2n) is 3.98. The highest BCUT2D eigenvalue weighted by Crippen LogP contribution is 2.32. The average molecular weight is 284 g/mol. The van der Waals surface area contributed by atoms with Crippen LogP contribution in [0.1, 0.15) is 5.56 Å². The van der Waals surface area contributed by atoms with E-state index in [0.717, 1.165) is 17.7 Å². The first-order chi connectivity index (χ1) is 9.06. The van der Waals surface area contributed by atoms with Crippen LogP contribution in [0.15, 0.2) is 30.3 Å². The Morgan fingerprint density at radius 1 is 1.16 bits per heavy atom. The summed E-state index contributed by atoms with van der Waals surface area (Å²) >= 11 is 5.94. The van der Waals surface area contributed by atoms with E-state index in [4.69, 9.17) is 22.1 Å². The largest absolute Gasteiger partial charge is 0.496 e. The third kappa shape index (κ3) is 2.69. The molecule has 0 aliphatic rings. The minimum absolute atomic E-state index is 0.145. The minimum Gasteiger partial charge on any atom is -0.496 e. The van der Waals surface area contributed by atoms with Gasteiger partial charge in [0, 0.05) is 17.7 Å². The van der Waals surface area contributed by atoms with E-state index < -0.39 is 11.6 Å². The molecule has 2 N–H and O–H groups in total. The quantitative estimate of drug-likeness (QED) is 0.871. The van der Waals surface area contributed by atoms with Crippen LogP contribution in [0.3, 0.4) is 0 Å². The SMILES string of the molecule is COc1ccc(-c2cc(F)c(F)cc2Cl)cc1CN. The predicted octanol–water partition coefficient (Wildman–Crippen LogP) is 3.75. The average Bonchev–Trinajstić information content (AvgIpc) is 2.42. The molecule has 0 bridgehead atoms. The molecule has 0 aliphatic heterocycles. The van der Waals surface area contributed by atoms with Crippen molar-refractivity contribution in [1.29, 1.82) is 0 Å². The van der Waals surface area contributed by atoms with Gasteiger partial charge in [0.15, 0.2) is 11.6 Å². The second-order valence-corrected chi connectivity index (χ2v) is 4.38. The van der Waals surface area contributed by atoms with Crippen molar-refractivity contribution in [2.75, 3.05) is 7.11 Å². The Balaban J connectivity index is 2.56. The summed E-state index contributed by atoms with van der Waals surface area (Å²) in [5.41, 5.74) is 7.46. The molecule has 2 aromatic rings. The van der Waals surface area contributed by atoms with Crippen LogP contribution in [0.25, 0.3) is 11.1 Å². The molecule has 100 valence electrons. The maximum atomic E-state index is 13.3. The van der Waals surface area contributed by atoms with Crippen molar-refractivity contribution in [3.05, 3.63) is 52.6 Å². The molecule has 2 nitrogen and oxygen atoms in total. The van der Waals surface area contributed by atoms with Gasteiger partial charge in [0.2, 0.25) is 0 Å². The van der Waals surface area contributed by atoms with Crippen molar-refractivity contribution in [2.24, 2.45) is 5.73 Å². The lowest BCUT2D eigenvalue weighted by molar-refractivity contribution is 0.410. The molecular weight excluding hydrogens is 272 g/mol. The van der Waals surface area contributed by atoms with Gasteiger partial charge in [0.1, 0.15) is 5.75 Å². The van der Waals surface area contributed by atoms with E-state index >= 15 is 0 Å². The van der Waals surface area contributed by atoms with Gasteiger partial charge in [-0.1, -0.05) is 17.7 Å². The lowest BCUT2D eigenvalue weighted by atomic mass is 10.0. The van der Waals surface area contributed by atoms with E-state index in [2.05, 4.69) is 0 Å². The molecule has 0 heterocycles. The molecule has 0 saturated carbocycles. The van der Waals surface area contributed by atoms with Crippen molar-refractivity contribution in [2.45, 2.75) is 6.54 Å². The maximum Gasteiger partial charge on any atom is 0.160 e. The van der Waals surface area contributed by atoms with Gasteiger partial charge in [-0.2, -0.15) is 0 Å². The van der Waals surface area contributed by atoms with Gasteiger partial charge in [0.05, 0.1) is 12.1 Å². The minimum atomic E-state index is -0.971. The molecule has 0 atom stereocenters. The van der Waals surface area contributed by atoms with E-state index in [1.807, 2.05) is 0 Å². The van der Waals surface area contributed by atoms with E-state index in [1.54, 1.807) is 25.3 Å². The van der Waals surface area contributed by atoms with Crippen molar-refractivity contribution in [1.82, 2.24) is 0 Å². The van der Waals surface area contributed by atoms with E-state index in [1.165, 1.54) is 0 Å². The number of ether oxygens (including phenoxy) is 1.